The highest BCUT2D eigenvalue weighted by molar-refractivity contribution is 6.30. The second kappa shape index (κ2) is 3.03. The van der Waals surface area contributed by atoms with Gasteiger partial charge in [0.2, 0.25) is 6.79 Å². The number of aliphatic hydroxyl groups is 1. The van der Waals surface area contributed by atoms with Crippen LogP contribution in [0.1, 0.15) is 18.4 Å². The minimum atomic E-state index is -0.537. The summed E-state index contributed by atoms with van der Waals surface area (Å²) in [4.78, 5) is 0. The van der Waals surface area contributed by atoms with Crippen LogP contribution in [0.25, 0.3) is 0 Å². The van der Waals surface area contributed by atoms with Crippen LogP contribution in [-0.4, -0.2) is 17.5 Å². The molecule has 1 aromatic rings. The van der Waals surface area contributed by atoms with E-state index in [0.29, 0.717) is 17.2 Å². The first-order valence-electron chi connectivity index (χ1n) is 4.97. The predicted octanol–water partition coefficient (Wildman–Crippen LogP) is 2.14. The van der Waals surface area contributed by atoms with Crippen molar-refractivity contribution in [1.82, 2.24) is 0 Å². The van der Waals surface area contributed by atoms with Crippen molar-refractivity contribution in [3.8, 4) is 11.5 Å². The van der Waals surface area contributed by atoms with Gasteiger partial charge in [0.15, 0.2) is 11.5 Å². The summed E-state index contributed by atoms with van der Waals surface area (Å²) in [7, 11) is 0. The van der Waals surface area contributed by atoms with E-state index >= 15 is 0 Å². The highest BCUT2D eigenvalue weighted by atomic mass is 35.5. The molecule has 80 valence electrons. The van der Waals surface area contributed by atoms with E-state index in [4.69, 9.17) is 21.1 Å². The Morgan fingerprint density at radius 2 is 2.13 bits per heavy atom. The second-order valence-electron chi connectivity index (χ2n) is 4.20. The summed E-state index contributed by atoms with van der Waals surface area (Å²) in [6.45, 7) is 0.237. The van der Waals surface area contributed by atoms with E-state index in [0.717, 1.165) is 24.2 Å². The minimum Gasteiger partial charge on any atom is -0.454 e. The highest BCUT2D eigenvalue weighted by Crippen LogP contribution is 2.44. The number of benzene rings is 1. The highest BCUT2D eigenvalue weighted by Gasteiger charge is 2.41. The summed E-state index contributed by atoms with van der Waals surface area (Å²) in [6.07, 6.45) is 2.31. The standard InChI is InChI=1S/C11H11ClO3/c12-8-3-7(5-11(13)1-2-11)10-9(4-8)14-6-15-10/h3-4,13H,1-2,5-6H2. The molecule has 3 nitrogen and oxygen atoms in total. The average Bonchev–Trinajstić information content (AvgIpc) is 2.73. The van der Waals surface area contributed by atoms with E-state index in [1.165, 1.54) is 0 Å². The molecule has 1 heterocycles. The van der Waals surface area contributed by atoms with E-state index in [9.17, 15) is 5.11 Å². The van der Waals surface area contributed by atoms with E-state index in [1.54, 1.807) is 6.07 Å². The molecule has 15 heavy (non-hydrogen) atoms. The summed E-state index contributed by atoms with van der Waals surface area (Å²) in [5.74, 6) is 1.42. The smallest absolute Gasteiger partial charge is 0.231 e. The molecule has 0 saturated heterocycles. The number of ether oxygens (including phenoxy) is 2. The van der Waals surface area contributed by atoms with Gasteiger partial charge in [-0.1, -0.05) is 11.6 Å². The maximum absolute atomic E-state index is 9.86. The van der Waals surface area contributed by atoms with Crippen molar-refractivity contribution in [2.75, 3.05) is 6.79 Å². The fourth-order valence-electron chi connectivity index (χ4n) is 1.85. The van der Waals surface area contributed by atoms with Crippen LogP contribution in [0.5, 0.6) is 11.5 Å². The first kappa shape index (κ1) is 9.31. The van der Waals surface area contributed by atoms with Crippen LogP contribution >= 0.6 is 11.6 Å². The van der Waals surface area contributed by atoms with Gasteiger partial charge in [0.05, 0.1) is 5.60 Å². The second-order valence-corrected chi connectivity index (χ2v) is 4.64. The Labute approximate surface area is 92.6 Å². The molecule has 4 heteroatoms. The quantitative estimate of drug-likeness (QED) is 0.840. The van der Waals surface area contributed by atoms with E-state index < -0.39 is 5.60 Å². The van der Waals surface area contributed by atoms with Crippen LogP contribution < -0.4 is 9.47 Å². The van der Waals surface area contributed by atoms with Crippen LogP contribution in [0.15, 0.2) is 12.1 Å². The van der Waals surface area contributed by atoms with E-state index in [-0.39, 0.29) is 6.79 Å². The monoisotopic (exact) mass is 226 g/mol. The van der Waals surface area contributed by atoms with E-state index in [2.05, 4.69) is 0 Å². The number of rotatable bonds is 2. The molecule has 0 aromatic heterocycles. The molecule has 0 unspecified atom stereocenters. The number of fused-ring (bicyclic) bond motifs is 1. The Morgan fingerprint density at radius 3 is 2.87 bits per heavy atom. The zero-order chi connectivity index (χ0) is 10.5. The molecule has 0 amide bonds. The minimum absolute atomic E-state index is 0.237. The van der Waals surface area contributed by atoms with Crippen LogP contribution in [-0.2, 0) is 6.42 Å². The Morgan fingerprint density at radius 1 is 1.33 bits per heavy atom. The van der Waals surface area contributed by atoms with Gasteiger partial charge in [-0.15, -0.1) is 0 Å². The third kappa shape index (κ3) is 1.66. The van der Waals surface area contributed by atoms with Gasteiger partial charge in [-0.2, -0.15) is 0 Å². The molecular formula is C11H11ClO3. The zero-order valence-corrected chi connectivity index (χ0v) is 8.88. The van der Waals surface area contributed by atoms with Crippen LogP contribution in [0.3, 0.4) is 0 Å². The lowest BCUT2D eigenvalue weighted by Crippen LogP contribution is -2.11. The normalized spacial score (nSPS) is 20.4. The van der Waals surface area contributed by atoms with Crippen molar-refractivity contribution in [3.05, 3.63) is 22.7 Å². The van der Waals surface area contributed by atoms with Crippen molar-refractivity contribution in [2.45, 2.75) is 24.9 Å². The maximum Gasteiger partial charge on any atom is 0.231 e. The van der Waals surface area contributed by atoms with Gasteiger partial charge >= 0.3 is 0 Å². The van der Waals surface area contributed by atoms with Crippen molar-refractivity contribution >= 4 is 11.6 Å². The van der Waals surface area contributed by atoms with Gasteiger partial charge in [0, 0.05) is 23.1 Å². The van der Waals surface area contributed by atoms with Crippen LogP contribution in [0, 0.1) is 0 Å². The first-order chi connectivity index (χ1) is 7.16. The maximum atomic E-state index is 9.86. The predicted molar refractivity (Wildman–Crippen MR) is 55.5 cm³/mol. The Bertz CT molecular complexity index is 413. The molecule has 1 N–H and O–H groups in total. The lowest BCUT2D eigenvalue weighted by Gasteiger charge is -2.10. The molecule has 1 saturated carbocycles. The number of hydrogen-bond acceptors (Lipinski definition) is 3. The molecule has 3 rings (SSSR count). The van der Waals surface area contributed by atoms with Gasteiger partial charge in [0.25, 0.3) is 0 Å². The van der Waals surface area contributed by atoms with Gasteiger partial charge in [-0.05, 0) is 18.9 Å². The van der Waals surface area contributed by atoms with Crippen molar-refractivity contribution in [3.63, 3.8) is 0 Å². The fraction of sp³-hybridized carbons (Fsp3) is 0.455. The summed E-state index contributed by atoms with van der Waals surface area (Å²) in [5.41, 5.74) is 0.403. The topological polar surface area (TPSA) is 38.7 Å². The van der Waals surface area contributed by atoms with Crippen LogP contribution in [0.2, 0.25) is 5.02 Å². The Hall–Kier alpha value is -0.930. The average molecular weight is 227 g/mol. The third-order valence-corrected chi connectivity index (χ3v) is 3.08. The first-order valence-corrected chi connectivity index (χ1v) is 5.35. The van der Waals surface area contributed by atoms with Gasteiger partial charge in [-0.3, -0.25) is 0 Å². The van der Waals surface area contributed by atoms with E-state index in [1.807, 2.05) is 6.07 Å². The number of hydrogen-bond donors (Lipinski definition) is 1. The lowest BCUT2D eigenvalue weighted by molar-refractivity contribution is 0.147. The molecule has 2 aliphatic rings. The molecule has 1 fully saturated rings. The molecule has 0 bridgehead atoms. The molecular weight excluding hydrogens is 216 g/mol. The Balaban J connectivity index is 1.99. The largest absolute Gasteiger partial charge is 0.454 e. The van der Waals surface area contributed by atoms with Crippen molar-refractivity contribution in [2.24, 2.45) is 0 Å². The summed E-state index contributed by atoms with van der Waals surface area (Å²) < 4.78 is 10.6. The molecule has 0 spiro atoms. The number of halogens is 1. The van der Waals surface area contributed by atoms with Gasteiger partial charge in [-0.25, -0.2) is 0 Å². The fourth-order valence-corrected chi connectivity index (χ4v) is 2.08. The molecule has 0 radical (unpaired) electrons. The molecule has 1 aromatic carbocycles. The zero-order valence-electron chi connectivity index (χ0n) is 8.12. The molecule has 0 atom stereocenters. The third-order valence-electron chi connectivity index (χ3n) is 2.86. The molecule has 1 aliphatic carbocycles. The van der Waals surface area contributed by atoms with Gasteiger partial charge < -0.3 is 14.6 Å². The summed E-state index contributed by atoms with van der Waals surface area (Å²) in [5, 5.41) is 10.5. The van der Waals surface area contributed by atoms with Crippen LogP contribution in [0.4, 0.5) is 0 Å². The summed E-state index contributed by atoms with van der Waals surface area (Å²) in [6, 6.07) is 3.58. The Kier molecular flexibility index (Phi) is 1.88. The van der Waals surface area contributed by atoms with Crippen molar-refractivity contribution < 1.29 is 14.6 Å². The van der Waals surface area contributed by atoms with Gasteiger partial charge in [0.1, 0.15) is 0 Å². The van der Waals surface area contributed by atoms with Crippen molar-refractivity contribution in [1.29, 1.82) is 0 Å². The summed E-state index contributed by atoms with van der Waals surface area (Å²) >= 11 is 5.96. The molecule has 1 aliphatic heterocycles. The lowest BCUT2D eigenvalue weighted by atomic mass is 10.1. The SMILES string of the molecule is OC1(Cc2cc(Cl)cc3c2OCO3)CC1.